The molecule has 1 aromatic heterocycles. The van der Waals surface area contributed by atoms with Crippen LogP contribution < -0.4 is 15.8 Å². The van der Waals surface area contributed by atoms with Gasteiger partial charge in [0.05, 0.1) is 12.8 Å². The lowest BCUT2D eigenvalue weighted by Crippen LogP contribution is -2.22. The first kappa shape index (κ1) is 12.4. The van der Waals surface area contributed by atoms with E-state index in [4.69, 9.17) is 10.5 Å². The Morgan fingerprint density at radius 1 is 1.44 bits per heavy atom. The molecule has 0 fully saturated rings. The summed E-state index contributed by atoms with van der Waals surface area (Å²) in [5.41, 5.74) is 7.85. The van der Waals surface area contributed by atoms with Crippen LogP contribution in [-0.2, 0) is 6.54 Å². The second-order valence-corrected chi connectivity index (χ2v) is 4.55. The highest BCUT2D eigenvalue weighted by molar-refractivity contribution is 7.07. The average Bonchev–Trinajstić information content (AvgIpc) is 2.89. The van der Waals surface area contributed by atoms with Crippen molar-refractivity contribution in [1.82, 2.24) is 5.32 Å². The van der Waals surface area contributed by atoms with Crippen LogP contribution in [0.25, 0.3) is 0 Å². The molecule has 0 atom stereocenters. The highest BCUT2D eigenvalue weighted by Gasteiger charge is 2.08. The van der Waals surface area contributed by atoms with Gasteiger partial charge in [0.15, 0.2) is 0 Å². The maximum atomic E-state index is 11.9. The van der Waals surface area contributed by atoms with Crippen LogP contribution in [0.3, 0.4) is 0 Å². The zero-order valence-electron chi connectivity index (χ0n) is 9.97. The Morgan fingerprint density at radius 2 is 2.28 bits per heavy atom. The number of thiophene rings is 1. The lowest BCUT2D eigenvalue weighted by Gasteiger charge is -2.08. The monoisotopic (exact) mass is 262 g/mol. The molecule has 2 aromatic rings. The SMILES string of the molecule is COc1cc(C(=O)NCc2ccsc2)ccc1N. The number of carbonyl (C=O) groups excluding carboxylic acids is 1. The molecule has 94 valence electrons. The normalized spacial score (nSPS) is 10.1. The fourth-order valence-corrected chi connectivity index (χ4v) is 2.20. The van der Waals surface area contributed by atoms with Gasteiger partial charge >= 0.3 is 0 Å². The summed E-state index contributed by atoms with van der Waals surface area (Å²) in [5.74, 6) is 0.373. The van der Waals surface area contributed by atoms with E-state index in [2.05, 4.69) is 5.32 Å². The molecule has 0 aliphatic heterocycles. The highest BCUT2D eigenvalue weighted by Crippen LogP contribution is 2.22. The molecule has 4 nitrogen and oxygen atoms in total. The molecule has 2 rings (SSSR count). The van der Waals surface area contributed by atoms with E-state index in [9.17, 15) is 4.79 Å². The fourth-order valence-electron chi connectivity index (χ4n) is 1.53. The Bertz CT molecular complexity index is 538. The molecule has 0 aliphatic carbocycles. The first-order chi connectivity index (χ1) is 8.70. The number of nitrogen functional groups attached to an aromatic ring is 1. The van der Waals surface area contributed by atoms with Crippen molar-refractivity contribution in [2.45, 2.75) is 6.54 Å². The topological polar surface area (TPSA) is 64.3 Å². The number of ether oxygens (including phenoxy) is 1. The minimum atomic E-state index is -0.139. The number of benzene rings is 1. The molecule has 0 bridgehead atoms. The van der Waals surface area contributed by atoms with Crippen LogP contribution in [0, 0.1) is 0 Å². The van der Waals surface area contributed by atoms with Gasteiger partial charge in [-0.05, 0) is 40.6 Å². The third kappa shape index (κ3) is 2.81. The lowest BCUT2D eigenvalue weighted by atomic mass is 10.1. The molecule has 1 heterocycles. The smallest absolute Gasteiger partial charge is 0.251 e. The number of anilines is 1. The number of rotatable bonds is 4. The number of hydrogen-bond acceptors (Lipinski definition) is 4. The second kappa shape index (κ2) is 5.55. The Labute approximate surface area is 109 Å². The van der Waals surface area contributed by atoms with Crippen molar-refractivity contribution in [2.75, 3.05) is 12.8 Å². The fraction of sp³-hybridized carbons (Fsp3) is 0.154. The third-order valence-electron chi connectivity index (χ3n) is 2.53. The molecular weight excluding hydrogens is 248 g/mol. The van der Waals surface area contributed by atoms with Crippen molar-refractivity contribution in [3.8, 4) is 5.75 Å². The van der Waals surface area contributed by atoms with Gasteiger partial charge in [-0.1, -0.05) is 0 Å². The van der Waals surface area contributed by atoms with Gasteiger partial charge in [0.2, 0.25) is 0 Å². The number of hydrogen-bond donors (Lipinski definition) is 2. The number of methoxy groups -OCH3 is 1. The van der Waals surface area contributed by atoms with E-state index >= 15 is 0 Å². The summed E-state index contributed by atoms with van der Waals surface area (Å²) in [6, 6.07) is 6.96. The largest absolute Gasteiger partial charge is 0.495 e. The van der Waals surface area contributed by atoms with Crippen LogP contribution in [0.2, 0.25) is 0 Å². The summed E-state index contributed by atoms with van der Waals surface area (Å²) in [7, 11) is 1.53. The van der Waals surface area contributed by atoms with E-state index in [1.54, 1.807) is 29.5 Å². The predicted molar refractivity (Wildman–Crippen MR) is 72.9 cm³/mol. The van der Waals surface area contributed by atoms with Gasteiger partial charge in [0, 0.05) is 12.1 Å². The Morgan fingerprint density at radius 3 is 2.94 bits per heavy atom. The summed E-state index contributed by atoms with van der Waals surface area (Å²) in [6.45, 7) is 0.523. The van der Waals surface area contributed by atoms with Crippen molar-refractivity contribution >= 4 is 22.9 Å². The molecule has 0 unspecified atom stereocenters. The zero-order valence-corrected chi connectivity index (χ0v) is 10.8. The third-order valence-corrected chi connectivity index (χ3v) is 3.26. The van der Waals surface area contributed by atoms with Crippen molar-refractivity contribution < 1.29 is 9.53 Å². The van der Waals surface area contributed by atoms with Crippen LogP contribution in [0.5, 0.6) is 5.75 Å². The Balaban J connectivity index is 2.04. The summed E-state index contributed by atoms with van der Waals surface area (Å²) in [6.07, 6.45) is 0. The highest BCUT2D eigenvalue weighted by atomic mass is 32.1. The molecule has 0 radical (unpaired) electrons. The molecule has 0 saturated heterocycles. The van der Waals surface area contributed by atoms with Gasteiger partial charge in [-0.25, -0.2) is 0 Å². The average molecular weight is 262 g/mol. The van der Waals surface area contributed by atoms with E-state index in [-0.39, 0.29) is 5.91 Å². The summed E-state index contributed by atoms with van der Waals surface area (Å²) in [4.78, 5) is 11.9. The van der Waals surface area contributed by atoms with Gasteiger partial charge in [-0.2, -0.15) is 11.3 Å². The summed E-state index contributed by atoms with van der Waals surface area (Å²) in [5, 5.41) is 6.83. The molecular formula is C13H14N2O2S. The first-order valence-electron chi connectivity index (χ1n) is 5.43. The molecule has 3 N–H and O–H groups in total. The molecule has 18 heavy (non-hydrogen) atoms. The van der Waals surface area contributed by atoms with Gasteiger partial charge < -0.3 is 15.8 Å². The van der Waals surface area contributed by atoms with Crippen molar-refractivity contribution in [1.29, 1.82) is 0 Å². The minimum absolute atomic E-state index is 0.139. The van der Waals surface area contributed by atoms with Crippen LogP contribution in [0.1, 0.15) is 15.9 Å². The van der Waals surface area contributed by atoms with E-state index in [0.717, 1.165) is 5.56 Å². The van der Waals surface area contributed by atoms with E-state index in [1.807, 2.05) is 16.8 Å². The maximum absolute atomic E-state index is 11.9. The van der Waals surface area contributed by atoms with Gasteiger partial charge in [-0.15, -0.1) is 0 Å². The second-order valence-electron chi connectivity index (χ2n) is 3.77. The Kier molecular flexibility index (Phi) is 3.84. The molecule has 1 aromatic carbocycles. The van der Waals surface area contributed by atoms with Crippen LogP contribution in [0.15, 0.2) is 35.0 Å². The van der Waals surface area contributed by atoms with Crippen molar-refractivity contribution in [2.24, 2.45) is 0 Å². The zero-order chi connectivity index (χ0) is 13.0. The van der Waals surface area contributed by atoms with Gasteiger partial charge in [0.25, 0.3) is 5.91 Å². The minimum Gasteiger partial charge on any atom is -0.495 e. The molecule has 1 amide bonds. The van der Waals surface area contributed by atoms with E-state index < -0.39 is 0 Å². The molecule has 5 heteroatoms. The number of nitrogens with one attached hydrogen (secondary N) is 1. The van der Waals surface area contributed by atoms with Crippen LogP contribution in [0.4, 0.5) is 5.69 Å². The standard InChI is InChI=1S/C13H14N2O2S/c1-17-12-6-10(2-3-11(12)14)13(16)15-7-9-4-5-18-8-9/h2-6,8H,7,14H2,1H3,(H,15,16). The Hall–Kier alpha value is -2.01. The predicted octanol–water partition coefficient (Wildman–Crippen LogP) is 2.27. The lowest BCUT2D eigenvalue weighted by molar-refractivity contribution is 0.0950. The van der Waals surface area contributed by atoms with Crippen molar-refractivity contribution in [3.05, 3.63) is 46.2 Å². The number of nitrogens with two attached hydrogens (primary N) is 1. The molecule has 0 spiro atoms. The molecule has 0 saturated carbocycles. The quantitative estimate of drug-likeness (QED) is 0.831. The summed E-state index contributed by atoms with van der Waals surface area (Å²) >= 11 is 1.61. The van der Waals surface area contributed by atoms with Crippen LogP contribution in [-0.4, -0.2) is 13.0 Å². The first-order valence-corrected chi connectivity index (χ1v) is 6.38. The maximum Gasteiger partial charge on any atom is 0.251 e. The van der Waals surface area contributed by atoms with Gasteiger partial charge in [0.1, 0.15) is 5.75 Å². The van der Waals surface area contributed by atoms with Crippen molar-refractivity contribution in [3.63, 3.8) is 0 Å². The summed E-state index contributed by atoms with van der Waals surface area (Å²) < 4.78 is 5.08. The van der Waals surface area contributed by atoms with Crippen LogP contribution >= 0.6 is 11.3 Å². The van der Waals surface area contributed by atoms with E-state index in [1.165, 1.54) is 7.11 Å². The van der Waals surface area contributed by atoms with E-state index in [0.29, 0.717) is 23.5 Å². The number of amides is 1. The van der Waals surface area contributed by atoms with Gasteiger partial charge in [-0.3, -0.25) is 4.79 Å². The number of carbonyl (C=O) groups is 1. The molecule has 0 aliphatic rings.